The van der Waals surface area contributed by atoms with Gasteiger partial charge in [-0.25, -0.2) is 0 Å². The van der Waals surface area contributed by atoms with Gasteiger partial charge in [0.15, 0.2) is 0 Å². The Kier molecular flexibility index (Phi) is 11.1. The van der Waals surface area contributed by atoms with Crippen LogP contribution >= 0.6 is 0 Å². The van der Waals surface area contributed by atoms with E-state index in [0.717, 1.165) is 97.5 Å². The molecule has 10 atom stereocenters. The van der Waals surface area contributed by atoms with Gasteiger partial charge >= 0.3 is 5.97 Å². The van der Waals surface area contributed by atoms with Gasteiger partial charge in [-0.2, -0.15) is 0 Å². The van der Waals surface area contributed by atoms with E-state index in [1.807, 2.05) is 0 Å². The molecule has 1 amide bonds. The highest BCUT2D eigenvalue weighted by atomic mass is 16.6. The van der Waals surface area contributed by atoms with Crippen LogP contribution in [0.5, 0.6) is 0 Å². The average Bonchev–Trinajstić information content (AvgIpc) is 3.78. The van der Waals surface area contributed by atoms with Crippen LogP contribution in [0.3, 0.4) is 0 Å². The molecule has 2 heterocycles. The van der Waals surface area contributed by atoms with Crippen LogP contribution in [0.2, 0.25) is 0 Å². The van der Waals surface area contributed by atoms with Gasteiger partial charge in [0, 0.05) is 38.1 Å². The summed E-state index contributed by atoms with van der Waals surface area (Å²) >= 11 is 0. The van der Waals surface area contributed by atoms with Crippen molar-refractivity contribution in [3.63, 3.8) is 0 Å². The number of esters is 1. The number of nitrogens with zero attached hydrogens (tertiary/aromatic N) is 2. The Morgan fingerprint density at radius 3 is 2.16 bits per heavy atom. The molecule has 8 aliphatic rings. The molecule has 6 aliphatic carbocycles. The molecule has 8 fully saturated rings. The van der Waals surface area contributed by atoms with Crippen molar-refractivity contribution >= 4 is 18.3 Å². The maximum Gasteiger partial charge on any atom is 0.310 e. The molecule has 2 saturated heterocycles. The van der Waals surface area contributed by atoms with Gasteiger partial charge in [0.1, 0.15) is 11.7 Å². The molecule has 57 heavy (non-hydrogen) atoms. The minimum absolute atomic E-state index is 0.0638. The highest BCUT2D eigenvalue weighted by Crippen LogP contribution is 2.79. The molecule has 6 saturated carbocycles. The Labute approximate surface area is 344 Å². The largest absolute Gasteiger partial charge is 0.462 e. The Balaban J connectivity index is 0.978. The standard InChI is InChI=1S/C48H78N2O7/c1-42(2,56-32-51)31-39(52)57-38-13-16-45(6)36(43(38,3)4)12-17-47(8)37(45)10-9-35-40-34(44(5)19-20-44)11-18-48(40,22-21-46(35,47)7)41(53)50-23-14-33(15-24-50)55-30-27-49-25-28-54-29-26-49/h32-38,40H,9-31H2,1-8H3/t34-,35-,36+,37-,38+,40-,45+,46-,47-,48+/m1/s1. The number of carbonyl (C=O) groups is 3. The Bertz CT molecular complexity index is 1510. The van der Waals surface area contributed by atoms with Crippen molar-refractivity contribution < 1.29 is 33.3 Å². The van der Waals surface area contributed by atoms with Gasteiger partial charge in [-0.15, -0.1) is 0 Å². The first-order chi connectivity index (χ1) is 26.9. The van der Waals surface area contributed by atoms with E-state index in [4.69, 9.17) is 18.9 Å². The first-order valence-corrected chi connectivity index (χ1v) is 23.4. The van der Waals surface area contributed by atoms with Gasteiger partial charge < -0.3 is 23.8 Å². The van der Waals surface area contributed by atoms with Crippen LogP contribution in [0.4, 0.5) is 0 Å². The summed E-state index contributed by atoms with van der Waals surface area (Å²) in [6.45, 7) is 26.3. The van der Waals surface area contributed by atoms with Gasteiger partial charge in [0.05, 0.1) is 37.8 Å². The summed E-state index contributed by atoms with van der Waals surface area (Å²) in [5, 5.41) is 0. The Morgan fingerprint density at radius 2 is 1.47 bits per heavy atom. The first-order valence-electron chi connectivity index (χ1n) is 23.4. The van der Waals surface area contributed by atoms with Crippen molar-refractivity contribution in [2.75, 3.05) is 52.5 Å². The predicted octanol–water partition coefficient (Wildman–Crippen LogP) is 8.46. The average molecular weight is 795 g/mol. The zero-order valence-electron chi connectivity index (χ0n) is 37.1. The molecule has 0 radical (unpaired) electrons. The topological polar surface area (TPSA) is 94.6 Å². The van der Waals surface area contributed by atoms with Crippen molar-refractivity contribution in [1.29, 1.82) is 0 Å². The molecule has 0 aromatic carbocycles. The van der Waals surface area contributed by atoms with Gasteiger partial charge in [0.25, 0.3) is 6.47 Å². The molecule has 0 aromatic heterocycles. The minimum Gasteiger partial charge on any atom is -0.462 e. The normalized spacial score (nSPS) is 42.8. The second kappa shape index (κ2) is 15.0. The fourth-order valence-corrected chi connectivity index (χ4v) is 15.9. The lowest BCUT2D eigenvalue weighted by atomic mass is 9.32. The summed E-state index contributed by atoms with van der Waals surface area (Å²) in [6, 6.07) is 0. The van der Waals surface area contributed by atoms with E-state index >= 15 is 4.79 Å². The molecule has 2 aliphatic heterocycles. The summed E-state index contributed by atoms with van der Waals surface area (Å²) in [6.07, 6.45) is 16.1. The number of hydrogen-bond donors (Lipinski definition) is 0. The van der Waals surface area contributed by atoms with Gasteiger partial charge in [0.2, 0.25) is 5.91 Å². The predicted molar refractivity (Wildman–Crippen MR) is 220 cm³/mol. The van der Waals surface area contributed by atoms with Crippen molar-refractivity contribution in [2.24, 2.45) is 62.1 Å². The molecule has 0 spiro atoms. The lowest BCUT2D eigenvalue weighted by molar-refractivity contribution is -0.252. The summed E-state index contributed by atoms with van der Waals surface area (Å²) in [5.41, 5.74) is -0.245. The number of likely N-dealkylation sites (tertiary alicyclic amines) is 1. The summed E-state index contributed by atoms with van der Waals surface area (Å²) in [4.78, 5) is 44.3. The minimum atomic E-state index is -0.876. The van der Waals surface area contributed by atoms with Crippen LogP contribution < -0.4 is 0 Å². The van der Waals surface area contributed by atoms with E-state index < -0.39 is 5.60 Å². The molecule has 322 valence electrons. The maximum atomic E-state index is 15.3. The smallest absolute Gasteiger partial charge is 0.310 e. The van der Waals surface area contributed by atoms with Crippen LogP contribution in [0.25, 0.3) is 0 Å². The van der Waals surface area contributed by atoms with E-state index in [-0.39, 0.29) is 51.7 Å². The third kappa shape index (κ3) is 7.03. The van der Waals surface area contributed by atoms with Crippen LogP contribution in [0.1, 0.15) is 152 Å². The fraction of sp³-hybridized carbons (Fsp3) is 0.938. The van der Waals surface area contributed by atoms with E-state index in [1.165, 1.54) is 44.9 Å². The lowest BCUT2D eigenvalue weighted by Crippen LogP contribution is -2.67. The molecule has 0 bridgehead atoms. The SMILES string of the molecule is CC(C)(CC(=O)O[C@H]1CC[C@]2(C)[C@H]3CC[C@@H]4[C@H]5[C@H](C6(C)CC6)CC[C@]5(C(=O)N5CCC(OCCN6CCOCC6)CC5)CC[C@@]4(C)[C@]3(C)CC[C@H]2C1(C)C)OC=O. The van der Waals surface area contributed by atoms with Crippen LogP contribution in [-0.2, 0) is 33.3 Å². The van der Waals surface area contributed by atoms with Crippen molar-refractivity contribution in [2.45, 2.75) is 170 Å². The van der Waals surface area contributed by atoms with Crippen molar-refractivity contribution in [3.8, 4) is 0 Å². The summed E-state index contributed by atoms with van der Waals surface area (Å²) in [5.74, 6) is 3.05. The Morgan fingerprint density at radius 1 is 0.754 bits per heavy atom. The monoisotopic (exact) mass is 795 g/mol. The molecule has 9 heteroatoms. The van der Waals surface area contributed by atoms with Crippen molar-refractivity contribution in [3.05, 3.63) is 0 Å². The van der Waals surface area contributed by atoms with Crippen LogP contribution in [0, 0.1) is 62.1 Å². The number of morpholine rings is 1. The summed E-state index contributed by atoms with van der Waals surface area (Å²) in [7, 11) is 0. The molecular formula is C48H78N2O7. The number of amides is 1. The van der Waals surface area contributed by atoms with Gasteiger partial charge in [-0.3, -0.25) is 19.3 Å². The zero-order chi connectivity index (χ0) is 40.6. The number of fused-ring (bicyclic) bond motifs is 7. The van der Waals surface area contributed by atoms with Gasteiger partial charge in [-0.1, -0.05) is 41.5 Å². The second-order valence-electron chi connectivity index (χ2n) is 23.0. The number of piperidine rings is 1. The molecule has 8 rings (SSSR count). The van der Waals surface area contributed by atoms with Crippen LogP contribution in [-0.4, -0.2) is 98.5 Å². The molecule has 0 N–H and O–H groups in total. The fourth-order valence-electron chi connectivity index (χ4n) is 15.9. The second-order valence-corrected chi connectivity index (χ2v) is 23.0. The zero-order valence-corrected chi connectivity index (χ0v) is 37.1. The number of rotatable bonds is 11. The third-order valence-corrected chi connectivity index (χ3v) is 19.5. The van der Waals surface area contributed by atoms with Crippen molar-refractivity contribution in [1.82, 2.24) is 9.80 Å². The quantitative estimate of drug-likeness (QED) is 0.152. The third-order valence-electron chi connectivity index (χ3n) is 19.5. The molecule has 9 nitrogen and oxygen atoms in total. The molecular weight excluding hydrogens is 717 g/mol. The number of ether oxygens (including phenoxy) is 4. The van der Waals surface area contributed by atoms with E-state index in [2.05, 4.69) is 51.3 Å². The van der Waals surface area contributed by atoms with E-state index in [0.29, 0.717) is 47.4 Å². The lowest BCUT2D eigenvalue weighted by Gasteiger charge is -2.73. The van der Waals surface area contributed by atoms with E-state index in [1.54, 1.807) is 13.8 Å². The van der Waals surface area contributed by atoms with Gasteiger partial charge in [-0.05, 0) is 155 Å². The Hall–Kier alpha value is -1.71. The maximum absolute atomic E-state index is 15.3. The highest BCUT2D eigenvalue weighted by Gasteiger charge is 2.73. The number of hydrogen-bond acceptors (Lipinski definition) is 8. The molecule has 0 unspecified atom stereocenters. The first kappa shape index (κ1) is 42.0. The highest BCUT2D eigenvalue weighted by molar-refractivity contribution is 5.84. The molecule has 0 aromatic rings. The van der Waals surface area contributed by atoms with E-state index in [9.17, 15) is 9.59 Å². The summed E-state index contributed by atoms with van der Waals surface area (Å²) < 4.78 is 23.4. The van der Waals surface area contributed by atoms with Crippen LogP contribution in [0.15, 0.2) is 0 Å². The number of carbonyl (C=O) groups excluding carboxylic acids is 3.